The van der Waals surface area contributed by atoms with E-state index < -0.39 is 26.4 Å². The molecule has 0 bridgehead atoms. The number of hydrogen-bond acceptors (Lipinski definition) is 7. The lowest BCUT2D eigenvalue weighted by Gasteiger charge is -2.41. The van der Waals surface area contributed by atoms with Crippen molar-refractivity contribution in [2.75, 3.05) is 4.90 Å². The van der Waals surface area contributed by atoms with E-state index >= 15 is 0 Å². The van der Waals surface area contributed by atoms with E-state index in [2.05, 4.69) is 75.0 Å². The van der Waals surface area contributed by atoms with Gasteiger partial charge in [0.05, 0.1) is 18.5 Å². The number of carbonyl (C=O) groups is 2. The second-order valence-electron chi connectivity index (χ2n) is 14.2. The van der Waals surface area contributed by atoms with Gasteiger partial charge in [-0.25, -0.2) is 19.9 Å². The Hall–Kier alpha value is -4.51. The number of imidazole rings is 1. The number of rotatable bonds is 10. The number of nitrogens with zero attached hydrogens (tertiary/aromatic N) is 5. The molecular formula is C39H45N5O4Si. The highest BCUT2D eigenvalue weighted by Crippen LogP contribution is 2.46. The lowest BCUT2D eigenvalue weighted by Crippen LogP contribution is -2.47. The SMILES string of the molecule is CC[C@H]1O[C@@H](n2cnc3c(N(C(=O)c4ccccc4)C(=O)c4ccccc4)ncnc32)[C@@H](O[Si](C)(C)C(C)(C)C)C1CCc1ccccc1. The predicted molar refractivity (Wildman–Crippen MR) is 194 cm³/mol. The second kappa shape index (κ2) is 14.1. The van der Waals surface area contributed by atoms with E-state index in [4.69, 9.17) is 14.1 Å². The Labute approximate surface area is 289 Å². The molecule has 0 radical (unpaired) electrons. The summed E-state index contributed by atoms with van der Waals surface area (Å²) in [5.41, 5.74) is 2.78. The first-order valence-corrected chi connectivity index (χ1v) is 19.9. The van der Waals surface area contributed by atoms with Crippen molar-refractivity contribution in [2.24, 2.45) is 5.92 Å². The molecule has 10 heteroatoms. The lowest BCUT2D eigenvalue weighted by atomic mass is 9.90. The van der Waals surface area contributed by atoms with Crippen LogP contribution in [0.2, 0.25) is 18.1 Å². The Morgan fingerprint density at radius 2 is 1.43 bits per heavy atom. The highest BCUT2D eigenvalue weighted by atomic mass is 28.4. The summed E-state index contributed by atoms with van der Waals surface area (Å²) in [6.45, 7) is 13.4. The number of aryl methyl sites for hydroxylation is 1. The second-order valence-corrected chi connectivity index (χ2v) is 19.0. The zero-order valence-electron chi connectivity index (χ0n) is 29.1. The van der Waals surface area contributed by atoms with Crippen LogP contribution in [-0.4, -0.2) is 51.9 Å². The van der Waals surface area contributed by atoms with Crippen LogP contribution in [0.15, 0.2) is 104 Å². The van der Waals surface area contributed by atoms with Crippen molar-refractivity contribution in [1.82, 2.24) is 19.5 Å². The number of anilines is 1. The maximum atomic E-state index is 14.1. The van der Waals surface area contributed by atoms with Gasteiger partial charge in [0.15, 0.2) is 31.5 Å². The quantitative estimate of drug-likeness (QED) is 0.109. The Balaban J connectivity index is 1.43. The van der Waals surface area contributed by atoms with E-state index in [9.17, 15) is 9.59 Å². The van der Waals surface area contributed by atoms with E-state index in [0.29, 0.717) is 22.3 Å². The third-order valence-electron chi connectivity index (χ3n) is 10.0. The van der Waals surface area contributed by atoms with Crippen LogP contribution in [0, 0.1) is 5.92 Å². The summed E-state index contributed by atoms with van der Waals surface area (Å²) in [7, 11) is -2.26. The summed E-state index contributed by atoms with van der Waals surface area (Å²) in [5, 5.41) is -0.0196. The largest absolute Gasteiger partial charge is 0.409 e. The number of aromatic nitrogens is 4. The molecule has 0 N–H and O–H groups in total. The molecule has 0 aliphatic carbocycles. The minimum absolute atomic E-state index is 0.0196. The lowest BCUT2D eigenvalue weighted by molar-refractivity contribution is -0.0322. The highest BCUT2D eigenvalue weighted by Gasteiger charge is 2.50. The van der Waals surface area contributed by atoms with Gasteiger partial charge in [0.1, 0.15) is 6.33 Å². The standard InChI is InChI=1S/C39H45N5O4Si/c1-7-31-30(24-23-27-17-11-8-12-18-27)33(48-49(5,6)39(2,3)4)38(47-31)43-26-42-32-34(43)40-25-41-35(32)44(36(45)28-19-13-9-14-20-28)37(46)29-21-15-10-16-22-29/h8-22,25-26,30-31,33,38H,7,23-24H2,1-6H3/t30?,31-,33+,38-/m1/s1. The van der Waals surface area contributed by atoms with Gasteiger partial charge in [0.25, 0.3) is 11.8 Å². The third-order valence-corrected chi connectivity index (χ3v) is 14.5. The number of fused-ring (bicyclic) bond motifs is 1. The first kappa shape index (κ1) is 34.4. The number of amides is 2. The molecule has 1 fully saturated rings. The van der Waals surface area contributed by atoms with E-state index in [1.165, 1.54) is 11.9 Å². The Bertz CT molecular complexity index is 1840. The van der Waals surface area contributed by atoms with Gasteiger partial charge >= 0.3 is 0 Å². The fraction of sp³-hybridized carbons (Fsp3) is 0.359. The summed E-state index contributed by atoms with van der Waals surface area (Å²) in [4.78, 5) is 43.1. The van der Waals surface area contributed by atoms with Crippen LogP contribution in [0.4, 0.5) is 5.82 Å². The molecule has 6 rings (SSSR count). The van der Waals surface area contributed by atoms with Gasteiger partial charge in [0.2, 0.25) is 0 Å². The van der Waals surface area contributed by atoms with Crippen LogP contribution in [0.5, 0.6) is 0 Å². The molecule has 1 aliphatic rings. The maximum Gasteiger partial charge on any atom is 0.266 e. The molecule has 49 heavy (non-hydrogen) atoms. The van der Waals surface area contributed by atoms with Gasteiger partial charge in [-0.1, -0.05) is 94.4 Å². The van der Waals surface area contributed by atoms with Crippen LogP contribution >= 0.6 is 0 Å². The van der Waals surface area contributed by atoms with Gasteiger partial charge in [-0.15, -0.1) is 0 Å². The summed E-state index contributed by atoms with van der Waals surface area (Å²) < 4.78 is 16.0. The molecule has 1 aliphatic heterocycles. The molecule has 4 atom stereocenters. The van der Waals surface area contributed by atoms with Gasteiger partial charge in [-0.05, 0) is 67.2 Å². The molecular weight excluding hydrogens is 631 g/mol. The van der Waals surface area contributed by atoms with E-state index in [1.54, 1.807) is 54.9 Å². The first-order valence-electron chi connectivity index (χ1n) is 17.0. The number of hydrogen-bond donors (Lipinski definition) is 0. The Morgan fingerprint density at radius 3 is 1.98 bits per heavy atom. The van der Waals surface area contributed by atoms with Crippen molar-refractivity contribution >= 4 is 37.1 Å². The van der Waals surface area contributed by atoms with Crippen LogP contribution < -0.4 is 4.90 Å². The summed E-state index contributed by atoms with van der Waals surface area (Å²) in [5.74, 6) is -0.780. The third kappa shape index (κ3) is 6.99. The average Bonchev–Trinajstić information content (AvgIpc) is 3.69. The topological polar surface area (TPSA) is 99.4 Å². The van der Waals surface area contributed by atoms with Crippen LogP contribution in [0.25, 0.3) is 11.2 Å². The van der Waals surface area contributed by atoms with Crippen LogP contribution in [-0.2, 0) is 15.6 Å². The molecule has 5 aromatic rings. The number of carbonyl (C=O) groups excluding carboxylic acids is 2. The van der Waals surface area contributed by atoms with E-state index in [1.807, 2.05) is 22.8 Å². The Morgan fingerprint density at radius 1 is 0.857 bits per heavy atom. The molecule has 1 saturated heterocycles. The van der Waals surface area contributed by atoms with Crippen LogP contribution in [0.3, 0.4) is 0 Å². The fourth-order valence-electron chi connectivity index (χ4n) is 6.29. The number of ether oxygens (including phenoxy) is 1. The fourth-order valence-corrected chi connectivity index (χ4v) is 7.61. The number of imide groups is 1. The van der Waals surface area contributed by atoms with Crippen molar-refractivity contribution in [1.29, 1.82) is 0 Å². The highest BCUT2D eigenvalue weighted by molar-refractivity contribution is 6.74. The summed E-state index contributed by atoms with van der Waals surface area (Å²) in [6, 6.07) is 28.0. The smallest absolute Gasteiger partial charge is 0.266 e. The van der Waals surface area contributed by atoms with Crippen molar-refractivity contribution in [3.63, 3.8) is 0 Å². The number of benzene rings is 3. The van der Waals surface area contributed by atoms with Gasteiger partial charge in [0, 0.05) is 17.0 Å². The van der Waals surface area contributed by atoms with Gasteiger partial charge < -0.3 is 9.16 Å². The Kier molecular flexibility index (Phi) is 9.92. The molecule has 9 nitrogen and oxygen atoms in total. The molecule has 3 heterocycles. The van der Waals surface area contributed by atoms with Gasteiger partial charge in [-0.2, -0.15) is 0 Å². The monoisotopic (exact) mass is 675 g/mol. The molecule has 0 spiro atoms. The normalized spacial score (nSPS) is 19.6. The van der Waals surface area contributed by atoms with Crippen LogP contribution in [0.1, 0.15) is 73.0 Å². The molecule has 2 aromatic heterocycles. The maximum absolute atomic E-state index is 14.1. The van der Waals surface area contributed by atoms with Crippen molar-refractivity contribution in [3.05, 3.63) is 120 Å². The molecule has 1 unspecified atom stereocenters. The zero-order chi connectivity index (χ0) is 34.8. The minimum Gasteiger partial charge on any atom is -0.409 e. The zero-order valence-corrected chi connectivity index (χ0v) is 30.1. The molecule has 254 valence electrons. The van der Waals surface area contributed by atoms with E-state index in [0.717, 1.165) is 24.2 Å². The van der Waals surface area contributed by atoms with Gasteiger partial charge in [-0.3, -0.25) is 14.2 Å². The molecule has 3 aromatic carbocycles. The predicted octanol–water partition coefficient (Wildman–Crippen LogP) is 8.26. The van der Waals surface area contributed by atoms with Crippen molar-refractivity contribution in [3.8, 4) is 0 Å². The van der Waals surface area contributed by atoms with E-state index in [-0.39, 0.29) is 29.0 Å². The van der Waals surface area contributed by atoms with Crippen molar-refractivity contribution < 1.29 is 18.8 Å². The first-order chi connectivity index (χ1) is 23.5. The van der Waals surface area contributed by atoms with Crippen molar-refractivity contribution in [2.45, 2.75) is 83.5 Å². The average molecular weight is 676 g/mol. The molecule has 0 saturated carbocycles. The minimum atomic E-state index is -2.26. The summed E-state index contributed by atoms with van der Waals surface area (Å²) in [6.07, 6.45) is 4.86. The summed E-state index contributed by atoms with van der Waals surface area (Å²) >= 11 is 0. The molecule has 2 amide bonds.